The Hall–Kier alpha value is -2.77. The van der Waals surface area contributed by atoms with Crippen molar-refractivity contribution in [3.05, 3.63) is 42.2 Å². The smallest absolute Gasteiger partial charge is 0.224 e. The molecule has 0 fully saturated rings. The second-order valence-electron chi connectivity index (χ2n) is 5.32. The van der Waals surface area contributed by atoms with Crippen molar-refractivity contribution in [3.63, 3.8) is 0 Å². The normalized spacial score (nSPS) is 11.8. The van der Waals surface area contributed by atoms with Gasteiger partial charge in [0.1, 0.15) is 12.1 Å². The molecule has 0 aliphatic heterocycles. The van der Waals surface area contributed by atoms with Crippen LogP contribution in [0.5, 0.6) is 0 Å². The third-order valence-electron chi connectivity index (χ3n) is 3.44. The summed E-state index contributed by atoms with van der Waals surface area (Å²) < 4.78 is 14.9. The molecule has 2 amide bonds. The van der Waals surface area contributed by atoms with Gasteiger partial charge in [-0.25, -0.2) is 4.39 Å². The van der Waals surface area contributed by atoms with Crippen LogP contribution in [0.25, 0.3) is 0 Å². The number of rotatable bonds is 7. The van der Waals surface area contributed by atoms with Crippen LogP contribution in [0.4, 0.5) is 10.1 Å². The Morgan fingerprint density at radius 3 is 2.75 bits per heavy atom. The number of amides is 2. The summed E-state index contributed by atoms with van der Waals surface area (Å²) in [4.78, 5) is 23.8. The lowest BCUT2D eigenvalue weighted by Crippen LogP contribution is -2.29. The zero-order chi connectivity index (χ0) is 17.5. The maximum atomic E-state index is 13.0. The van der Waals surface area contributed by atoms with Gasteiger partial charge in [-0.3, -0.25) is 9.59 Å². The summed E-state index contributed by atoms with van der Waals surface area (Å²) in [7, 11) is 0. The first-order valence-corrected chi connectivity index (χ1v) is 7.72. The van der Waals surface area contributed by atoms with E-state index in [1.54, 1.807) is 19.3 Å². The van der Waals surface area contributed by atoms with Crippen LogP contribution in [0.1, 0.15) is 38.6 Å². The van der Waals surface area contributed by atoms with Crippen molar-refractivity contribution in [1.82, 2.24) is 20.1 Å². The summed E-state index contributed by atoms with van der Waals surface area (Å²) in [5.41, 5.74) is 0.366. The number of aromatic nitrogens is 3. The Morgan fingerprint density at radius 1 is 1.29 bits per heavy atom. The van der Waals surface area contributed by atoms with E-state index in [-0.39, 0.29) is 30.7 Å². The second-order valence-corrected chi connectivity index (χ2v) is 5.32. The molecule has 24 heavy (non-hydrogen) atoms. The van der Waals surface area contributed by atoms with Crippen LogP contribution in [-0.4, -0.2) is 26.6 Å². The minimum absolute atomic E-state index is 0.00946. The molecule has 8 heteroatoms. The Balaban J connectivity index is 1.79. The fraction of sp³-hybridized carbons (Fsp3) is 0.375. The molecule has 0 aliphatic rings. The van der Waals surface area contributed by atoms with Crippen molar-refractivity contribution < 1.29 is 14.0 Å². The molecule has 0 saturated heterocycles. The van der Waals surface area contributed by atoms with Crippen LogP contribution < -0.4 is 10.6 Å². The number of halogens is 1. The predicted octanol–water partition coefficient (Wildman–Crippen LogP) is 2.03. The largest absolute Gasteiger partial charge is 0.346 e. The van der Waals surface area contributed by atoms with Crippen molar-refractivity contribution >= 4 is 17.5 Å². The van der Waals surface area contributed by atoms with Crippen LogP contribution in [0.3, 0.4) is 0 Å². The van der Waals surface area contributed by atoms with Gasteiger partial charge in [-0.2, -0.15) is 0 Å². The van der Waals surface area contributed by atoms with Gasteiger partial charge >= 0.3 is 0 Å². The molecule has 2 rings (SSSR count). The first-order chi connectivity index (χ1) is 11.5. The molecule has 0 aliphatic carbocycles. The first kappa shape index (κ1) is 17.6. The summed E-state index contributed by atoms with van der Waals surface area (Å²) in [6.45, 7) is 4.47. The van der Waals surface area contributed by atoms with E-state index in [9.17, 15) is 14.0 Å². The highest BCUT2D eigenvalue weighted by atomic mass is 19.1. The zero-order valence-electron chi connectivity index (χ0n) is 13.6. The predicted molar refractivity (Wildman–Crippen MR) is 86.5 cm³/mol. The lowest BCUT2D eigenvalue weighted by Gasteiger charge is -2.14. The van der Waals surface area contributed by atoms with Gasteiger partial charge in [0.2, 0.25) is 11.8 Å². The fourth-order valence-corrected chi connectivity index (χ4v) is 2.24. The van der Waals surface area contributed by atoms with Gasteiger partial charge in [0.25, 0.3) is 0 Å². The maximum absolute atomic E-state index is 13.0. The molecule has 128 valence electrons. The topological polar surface area (TPSA) is 88.9 Å². The molecule has 0 bridgehead atoms. The van der Waals surface area contributed by atoms with Crippen LogP contribution in [0.15, 0.2) is 30.6 Å². The third kappa shape index (κ3) is 4.87. The Bertz CT molecular complexity index is 716. The quantitative estimate of drug-likeness (QED) is 0.811. The molecular formula is C16H20FN5O2. The standard InChI is InChI=1S/C16H20FN5O2/c1-3-22-10-18-21-16(22)11(2)19-14(23)7-8-15(24)20-13-6-4-5-12(17)9-13/h4-6,9-11H,3,7-8H2,1-2H3,(H,19,23)(H,20,24)/t11-/m0/s1. The lowest BCUT2D eigenvalue weighted by molar-refractivity contribution is -0.124. The van der Waals surface area contributed by atoms with Crippen LogP contribution >= 0.6 is 0 Å². The van der Waals surface area contributed by atoms with E-state index in [2.05, 4.69) is 20.8 Å². The second kappa shape index (κ2) is 8.19. The van der Waals surface area contributed by atoms with Gasteiger partial charge in [0.15, 0.2) is 5.82 Å². The van der Waals surface area contributed by atoms with Crippen molar-refractivity contribution in [1.29, 1.82) is 0 Å². The first-order valence-electron chi connectivity index (χ1n) is 7.72. The van der Waals surface area contributed by atoms with Crippen molar-refractivity contribution in [2.24, 2.45) is 0 Å². The number of carbonyl (C=O) groups excluding carboxylic acids is 2. The zero-order valence-corrected chi connectivity index (χ0v) is 13.6. The molecule has 1 heterocycles. The fourth-order valence-electron chi connectivity index (χ4n) is 2.24. The number of carbonyl (C=O) groups is 2. The molecule has 0 radical (unpaired) electrons. The van der Waals surface area contributed by atoms with Gasteiger partial charge in [-0.1, -0.05) is 6.07 Å². The van der Waals surface area contributed by atoms with E-state index >= 15 is 0 Å². The summed E-state index contributed by atoms with van der Waals surface area (Å²) in [6.07, 6.45) is 1.64. The van der Waals surface area contributed by atoms with Crippen LogP contribution in [-0.2, 0) is 16.1 Å². The lowest BCUT2D eigenvalue weighted by atomic mass is 10.2. The highest BCUT2D eigenvalue weighted by molar-refractivity contribution is 5.93. The number of anilines is 1. The highest BCUT2D eigenvalue weighted by Gasteiger charge is 2.15. The summed E-state index contributed by atoms with van der Waals surface area (Å²) >= 11 is 0. The molecule has 7 nitrogen and oxygen atoms in total. The van der Waals surface area contributed by atoms with Gasteiger partial charge in [0.05, 0.1) is 6.04 Å². The van der Waals surface area contributed by atoms with Crippen molar-refractivity contribution in [2.75, 3.05) is 5.32 Å². The summed E-state index contributed by atoms with van der Waals surface area (Å²) in [5, 5.41) is 13.1. The number of nitrogens with zero attached hydrogens (tertiary/aromatic N) is 3. The minimum Gasteiger partial charge on any atom is -0.346 e. The van der Waals surface area contributed by atoms with Gasteiger partial charge in [-0.05, 0) is 32.0 Å². The average molecular weight is 333 g/mol. The van der Waals surface area contributed by atoms with E-state index in [1.807, 2.05) is 11.5 Å². The number of aryl methyl sites for hydroxylation is 1. The maximum Gasteiger partial charge on any atom is 0.224 e. The molecule has 1 aromatic heterocycles. The molecule has 0 unspecified atom stereocenters. The number of hydrogen-bond donors (Lipinski definition) is 2. The van der Waals surface area contributed by atoms with E-state index in [0.29, 0.717) is 18.1 Å². The minimum atomic E-state index is -0.431. The molecule has 1 atom stereocenters. The molecule has 2 N–H and O–H groups in total. The van der Waals surface area contributed by atoms with E-state index in [0.717, 1.165) is 0 Å². The third-order valence-corrected chi connectivity index (χ3v) is 3.44. The molecule has 2 aromatic rings. The molecule has 0 saturated carbocycles. The summed E-state index contributed by atoms with van der Waals surface area (Å²) in [5.74, 6) is -0.378. The van der Waals surface area contributed by atoms with E-state index < -0.39 is 5.82 Å². The highest BCUT2D eigenvalue weighted by Crippen LogP contribution is 2.11. The Labute approximate surface area is 139 Å². The SMILES string of the molecule is CCn1cnnc1[C@H](C)NC(=O)CCC(=O)Nc1cccc(F)c1. The van der Waals surface area contributed by atoms with Crippen LogP contribution in [0.2, 0.25) is 0 Å². The molecule has 0 spiro atoms. The van der Waals surface area contributed by atoms with E-state index in [4.69, 9.17) is 0 Å². The number of nitrogens with one attached hydrogen (secondary N) is 2. The van der Waals surface area contributed by atoms with Gasteiger partial charge in [0, 0.05) is 25.1 Å². The monoisotopic (exact) mass is 333 g/mol. The number of hydrogen-bond acceptors (Lipinski definition) is 4. The van der Waals surface area contributed by atoms with Gasteiger partial charge in [-0.15, -0.1) is 10.2 Å². The van der Waals surface area contributed by atoms with E-state index in [1.165, 1.54) is 18.2 Å². The molecule has 1 aromatic carbocycles. The summed E-state index contributed by atoms with van der Waals surface area (Å²) in [6, 6.07) is 5.30. The molecular weight excluding hydrogens is 313 g/mol. The van der Waals surface area contributed by atoms with Crippen LogP contribution in [0, 0.1) is 5.82 Å². The van der Waals surface area contributed by atoms with Gasteiger partial charge < -0.3 is 15.2 Å². The Morgan fingerprint density at radius 2 is 2.04 bits per heavy atom. The average Bonchev–Trinajstić information content (AvgIpc) is 3.01. The van der Waals surface area contributed by atoms with Crippen molar-refractivity contribution in [2.45, 2.75) is 39.3 Å². The number of benzene rings is 1. The Kier molecular flexibility index (Phi) is 6.00. The van der Waals surface area contributed by atoms with Crippen molar-refractivity contribution in [3.8, 4) is 0 Å².